The second-order valence-corrected chi connectivity index (χ2v) is 6.33. The molecule has 0 aromatic rings. The van der Waals surface area contributed by atoms with E-state index in [2.05, 4.69) is 4.84 Å². The van der Waals surface area contributed by atoms with Gasteiger partial charge in [-0.3, -0.25) is 9.59 Å². The van der Waals surface area contributed by atoms with Gasteiger partial charge in [0, 0.05) is 58.9 Å². The van der Waals surface area contributed by atoms with Gasteiger partial charge in [0.1, 0.15) is 5.78 Å². The second kappa shape index (κ2) is 41.3. The molecular weight excluding hydrogens is 482 g/mol. The summed E-state index contributed by atoms with van der Waals surface area (Å²) in [6, 6.07) is 0. The van der Waals surface area contributed by atoms with Crippen molar-refractivity contribution in [2.75, 3.05) is 39.6 Å². The van der Waals surface area contributed by atoms with Crippen LogP contribution in [0.5, 0.6) is 0 Å². The average Bonchev–Trinajstić information content (AvgIpc) is 2.99. The van der Waals surface area contributed by atoms with Crippen LogP contribution in [-0.2, 0) is 33.5 Å². The van der Waals surface area contributed by atoms with Crippen molar-refractivity contribution in [3.63, 3.8) is 0 Å². The fourth-order valence-corrected chi connectivity index (χ4v) is 2.08. The molecule has 232 valence electrons. The van der Waals surface area contributed by atoms with Crippen LogP contribution in [0.15, 0.2) is 0 Å². The SMILES string of the molecule is C.C.C.C.C.C.C.C.CC(=O)CCCOCCCO.O=C(CCCOCCCO)ON1C(=O)CCC1=O. The van der Waals surface area contributed by atoms with Crippen LogP contribution in [0.25, 0.3) is 0 Å². The van der Waals surface area contributed by atoms with Crippen molar-refractivity contribution in [3.8, 4) is 0 Å². The molecule has 0 radical (unpaired) electrons. The summed E-state index contributed by atoms with van der Waals surface area (Å²) in [5.74, 6) is -1.37. The molecule has 1 rings (SSSR count). The van der Waals surface area contributed by atoms with Crippen LogP contribution in [0, 0.1) is 0 Å². The highest BCUT2D eigenvalue weighted by Crippen LogP contribution is 2.12. The third kappa shape index (κ3) is 36.3. The average molecular weight is 548 g/mol. The number of amides is 2. The molecule has 0 bridgehead atoms. The van der Waals surface area contributed by atoms with Crippen molar-refractivity contribution >= 4 is 23.6 Å². The summed E-state index contributed by atoms with van der Waals surface area (Å²) in [4.78, 5) is 48.7. The van der Waals surface area contributed by atoms with Crippen LogP contribution in [-0.4, -0.2) is 78.5 Å². The lowest BCUT2D eigenvalue weighted by atomic mass is 10.2. The van der Waals surface area contributed by atoms with Crippen LogP contribution in [0.1, 0.15) is 118 Å². The largest absolute Gasteiger partial charge is 0.396 e. The number of rotatable bonds is 15. The first-order valence-corrected chi connectivity index (χ1v) is 9.85. The number of nitrogens with zero attached hydrogens (tertiary/aromatic N) is 1. The van der Waals surface area contributed by atoms with Gasteiger partial charge in [-0.2, -0.15) is 0 Å². The van der Waals surface area contributed by atoms with Gasteiger partial charge in [-0.05, 0) is 32.6 Å². The zero-order valence-corrected chi connectivity index (χ0v) is 17.1. The van der Waals surface area contributed by atoms with Gasteiger partial charge < -0.3 is 29.3 Å². The van der Waals surface area contributed by atoms with Crippen molar-refractivity contribution < 1.29 is 43.7 Å². The minimum Gasteiger partial charge on any atom is -0.396 e. The van der Waals surface area contributed by atoms with Crippen molar-refractivity contribution in [1.82, 2.24) is 5.06 Å². The molecule has 1 aliphatic rings. The smallest absolute Gasteiger partial charge is 0.333 e. The molecular formula is C27H65NO9. The standard InChI is InChI=1S/C11H17NO6.C8H16O3.8CH4/c13-6-2-8-17-7-1-3-11(16)18-12-9(14)4-5-10(12)15;1-8(10)4-2-6-11-7-3-5-9;;;;;;;;/h13H,1-8H2;9H,2-7H2,1H3;8*1H4. The fraction of sp³-hybridized carbons (Fsp3) is 0.852. The quantitative estimate of drug-likeness (QED) is 0.197. The molecule has 0 aromatic heterocycles. The Balaban J connectivity index is -0.0000000533. The topological polar surface area (TPSA) is 140 Å². The van der Waals surface area contributed by atoms with Crippen LogP contribution in [0.2, 0.25) is 0 Å². The molecule has 2 amide bonds. The molecule has 10 nitrogen and oxygen atoms in total. The third-order valence-electron chi connectivity index (χ3n) is 3.58. The number of hydrogen-bond acceptors (Lipinski definition) is 9. The number of hydrogen-bond donors (Lipinski definition) is 2. The first kappa shape index (κ1) is 59.9. The summed E-state index contributed by atoms with van der Waals surface area (Å²) in [5, 5.41) is 17.4. The molecule has 2 N–H and O–H groups in total. The molecule has 0 aliphatic carbocycles. The summed E-state index contributed by atoms with van der Waals surface area (Å²) < 4.78 is 10.2. The third-order valence-corrected chi connectivity index (χ3v) is 3.58. The molecule has 0 aromatic carbocycles. The van der Waals surface area contributed by atoms with Gasteiger partial charge in [0.2, 0.25) is 0 Å². The van der Waals surface area contributed by atoms with Gasteiger partial charge in [0.05, 0.1) is 6.42 Å². The number of Topliss-reactive ketones (excluding diaryl/α,β-unsaturated/α-hetero) is 1. The van der Waals surface area contributed by atoms with E-state index in [0.717, 1.165) is 6.42 Å². The summed E-state index contributed by atoms with van der Waals surface area (Å²) in [6.07, 6.45) is 3.34. The predicted octanol–water partition coefficient (Wildman–Crippen LogP) is 5.62. The Hall–Kier alpha value is -1.88. The molecule has 0 atom stereocenters. The molecule has 1 heterocycles. The second-order valence-electron chi connectivity index (χ2n) is 6.33. The van der Waals surface area contributed by atoms with Gasteiger partial charge in [-0.25, -0.2) is 4.79 Å². The van der Waals surface area contributed by atoms with Crippen molar-refractivity contribution in [2.24, 2.45) is 0 Å². The number of aliphatic hydroxyl groups excluding tert-OH is 2. The van der Waals surface area contributed by atoms with Crippen LogP contribution in [0.3, 0.4) is 0 Å². The maximum absolute atomic E-state index is 11.3. The number of aliphatic hydroxyl groups is 2. The molecule has 1 fully saturated rings. The fourth-order valence-electron chi connectivity index (χ4n) is 2.08. The molecule has 0 saturated carbocycles. The van der Waals surface area contributed by atoms with E-state index >= 15 is 0 Å². The van der Waals surface area contributed by atoms with E-state index in [-0.39, 0.29) is 97.7 Å². The monoisotopic (exact) mass is 547 g/mol. The maximum atomic E-state index is 11.3. The number of ether oxygens (including phenoxy) is 2. The van der Waals surface area contributed by atoms with E-state index in [1.165, 1.54) is 0 Å². The summed E-state index contributed by atoms with van der Waals surface area (Å²) in [6.45, 7) is 3.85. The van der Waals surface area contributed by atoms with E-state index in [0.29, 0.717) is 57.2 Å². The highest BCUT2D eigenvalue weighted by molar-refractivity contribution is 6.01. The normalized spacial score (nSPS) is 10.4. The summed E-state index contributed by atoms with van der Waals surface area (Å²) in [5.41, 5.74) is 0. The molecule has 1 aliphatic heterocycles. The van der Waals surface area contributed by atoms with Crippen molar-refractivity contribution in [2.45, 2.75) is 118 Å². The Bertz CT molecular complexity index is 484. The van der Waals surface area contributed by atoms with Crippen LogP contribution < -0.4 is 0 Å². The van der Waals surface area contributed by atoms with E-state index in [1.807, 2.05) is 0 Å². The van der Waals surface area contributed by atoms with Crippen LogP contribution >= 0.6 is 0 Å². The summed E-state index contributed by atoms with van der Waals surface area (Å²) in [7, 11) is 0. The lowest BCUT2D eigenvalue weighted by Gasteiger charge is -2.12. The zero-order chi connectivity index (χ0) is 21.9. The minimum atomic E-state index is -0.621. The van der Waals surface area contributed by atoms with E-state index in [4.69, 9.17) is 19.7 Å². The first-order valence-electron chi connectivity index (χ1n) is 9.85. The van der Waals surface area contributed by atoms with Crippen LogP contribution in [0.4, 0.5) is 0 Å². The first-order chi connectivity index (χ1) is 13.9. The minimum absolute atomic E-state index is 0. The molecule has 0 unspecified atom stereocenters. The van der Waals surface area contributed by atoms with Crippen molar-refractivity contribution in [3.05, 3.63) is 0 Å². The number of ketones is 1. The Morgan fingerprint density at radius 1 is 0.676 bits per heavy atom. The molecule has 37 heavy (non-hydrogen) atoms. The van der Waals surface area contributed by atoms with E-state index < -0.39 is 17.8 Å². The van der Waals surface area contributed by atoms with E-state index in [1.54, 1.807) is 6.92 Å². The van der Waals surface area contributed by atoms with Gasteiger partial charge in [-0.1, -0.05) is 59.4 Å². The molecule has 0 spiro atoms. The molecule has 10 heteroatoms. The van der Waals surface area contributed by atoms with Gasteiger partial charge >= 0.3 is 5.97 Å². The van der Waals surface area contributed by atoms with Gasteiger partial charge in [0.15, 0.2) is 0 Å². The Morgan fingerprint density at radius 2 is 1.03 bits per heavy atom. The number of carbonyl (C=O) groups excluding carboxylic acids is 4. The van der Waals surface area contributed by atoms with E-state index in [9.17, 15) is 19.2 Å². The maximum Gasteiger partial charge on any atom is 0.333 e. The summed E-state index contributed by atoms with van der Waals surface area (Å²) >= 11 is 0. The molecule has 1 saturated heterocycles. The lowest BCUT2D eigenvalue weighted by molar-refractivity contribution is -0.197. The van der Waals surface area contributed by atoms with Gasteiger partial charge in [-0.15, -0.1) is 5.06 Å². The predicted molar refractivity (Wildman–Crippen MR) is 155 cm³/mol. The Kier molecular flexibility index (Phi) is 66.8. The Labute approximate surface area is 230 Å². The number of imide groups is 1. The zero-order valence-electron chi connectivity index (χ0n) is 17.1. The highest BCUT2D eigenvalue weighted by Gasteiger charge is 2.32. The Morgan fingerprint density at radius 3 is 1.38 bits per heavy atom. The van der Waals surface area contributed by atoms with Gasteiger partial charge in [0.25, 0.3) is 11.8 Å². The lowest BCUT2D eigenvalue weighted by Crippen LogP contribution is -2.32. The number of hydroxylamine groups is 2. The number of carbonyl (C=O) groups is 4. The van der Waals surface area contributed by atoms with Crippen molar-refractivity contribution in [1.29, 1.82) is 0 Å². The highest BCUT2D eigenvalue weighted by atomic mass is 16.7.